The van der Waals surface area contributed by atoms with Crippen molar-refractivity contribution in [1.82, 2.24) is 0 Å². The van der Waals surface area contributed by atoms with Gasteiger partial charge in [-0.3, -0.25) is 18.6 Å². The molecule has 0 saturated heterocycles. The van der Waals surface area contributed by atoms with Crippen LogP contribution in [0.2, 0.25) is 0 Å². The Bertz CT molecular complexity index is 941. The maximum atomic E-state index is 12.6. The number of hydrogen-bond donors (Lipinski definition) is 1. The molecule has 0 saturated carbocycles. The van der Waals surface area contributed by atoms with Gasteiger partial charge in [-0.1, -0.05) is 219 Å². The average molecular weight is 829 g/mol. The van der Waals surface area contributed by atoms with Crippen molar-refractivity contribution in [2.45, 2.75) is 264 Å². The maximum absolute atomic E-state index is 12.6. The fourth-order valence-electron chi connectivity index (χ4n) is 7.24. The van der Waals surface area contributed by atoms with Crippen LogP contribution in [-0.4, -0.2) is 43.3 Å². The summed E-state index contributed by atoms with van der Waals surface area (Å²) >= 11 is 0. The highest BCUT2D eigenvalue weighted by Gasteiger charge is 2.24. The lowest BCUT2D eigenvalue weighted by Crippen LogP contribution is -2.29. The third kappa shape index (κ3) is 44.2. The zero-order valence-corrected chi connectivity index (χ0v) is 38.7. The van der Waals surface area contributed by atoms with E-state index in [2.05, 4.69) is 30.5 Å². The summed E-state index contributed by atoms with van der Waals surface area (Å²) in [5, 5.41) is 0. The van der Waals surface area contributed by atoms with Crippen LogP contribution in [0, 0.1) is 0 Å². The molecule has 0 spiro atoms. The summed E-state index contributed by atoms with van der Waals surface area (Å²) in [5.41, 5.74) is 0. The van der Waals surface area contributed by atoms with E-state index in [0.29, 0.717) is 12.8 Å². The monoisotopic (exact) mass is 829 g/mol. The average Bonchev–Trinajstić information content (AvgIpc) is 3.20. The van der Waals surface area contributed by atoms with Crippen LogP contribution in [0.25, 0.3) is 0 Å². The van der Waals surface area contributed by atoms with Gasteiger partial charge in [0.25, 0.3) is 0 Å². The first-order valence-corrected chi connectivity index (χ1v) is 25.9. The van der Waals surface area contributed by atoms with Gasteiger partial charge in [0.2, 0.25) is 0 Å². The summed E-state index contributed by atoms with van der Waals surface area (Å²) in [7, 11) is -3.19. The molecule has 0 radical (unpaired) electrons. The molecule has 8 nitrogen and oxygen atoms in total. The molecular formula is C48H93O8P. The van der Waals surface area contributed by atoms with Gasteiger partial charge in [-0.25, -0.2) is 4.57 Å². The fraction of sp³-hybridized carbons (Fsp3) is 0.917. The number of hydrogen-bond acceptors (Lipinski definition) is 7. The van der Waals surface area contributed by atoms with Crippen molar-refractivity contribution in [3.8, 4) is 0 Å². The van der Waals surface area contributed by atoms with Gasteiger partial charge < -0.3 is 14.4 Å². The largest absolute Gasteiger partial charge is 0.472 e. The number of unbranched alkanes of at least 4 members (excludes halogenated alkanes) is 33. The molecule has 0 fully saturated rings. The van der Waals surface area contributed by atoms with Crippen molar-refractivity contribution >= 4 is 19.8 Å². The number of ether oxygens (including phenoxy) is 2. The van der Waals surface area contributed by atoms with Crippen LogP contribution in [-0.2, 0) is 32.7 Å². The smallest absolute Gasteiger partial charge is 0.462 e. The first-order valence-electron chi connectivity index (χ1n) is 24.4. The van der Waals surface area contributed by atoms with Gasteiger partial charge in [-0.2, -0.15) is 0 Å². The minimum atomic E-state index is -4.26. The molecule has 2 atom stereocenters. The van der Waals surface area contributed by atoms with Crippen LogP contribution >= 0.6 is 7.82 Å². The predicted octanol–water partition coefficient (Wildman–Crippen LogP) is 15.6. The highest BCUT2D eigenvalue weighted by Crippen LogP contribution is 2.42. The van der Waals surface area contributed by atoms with Gasteiger partial charge in [0.1, 0.15) is 6.61 Å². The first-order chi connectivity index (χ1) is 27.8. The zero-order chi connectivity index (χ0) is 41.8. The van der Waals surface area contributed by atoms with Crippen LogP contribution in [0.4, 0.5) is 0 Å². The van der Waals surface area contributed by atoms with E-state index in [0.717, 1.165) is 39.2 Å². The molecule has 2 unspecified atom stereocenters. The SMILES string of the molecule is CCCCCCCCCC/C=C\CCCCCCCCCCCC(=O)OC(COC(=O)CCCCCCCCCCCCCCCCCCC)COP(=O)(O)OC. The quantitative estimate of drug-likeness (QED) is 0.0280. The minimum absolute atomic E-state index is 0.219. The van der Waals surface area contributed by atoms with Crippen molar-refractivity contribution in [1.29, 1.82) is 0 Å². The summed E-state index contributed by atoms with van der Waals surface area (Å²) in [4.78, 5) is 34.6. The van der Waals surface area contributed by atoms with E-state index in [-0.39, 0.29) is 19.0 Å². The molecule has 1 N–H and O–H groups in total. The summed E-state index contributed by atoms with van der Waals surface area (Å²) in [5.74, 6) is -0.790. The standard InChI is InChI=1S/C48H93O8P/c1-4-6-8-10-12-14-16-18-20-22-23-24-25-27-29-31-33-35-37-39-41-43-48(50)56-46(45-55-57(51,52)53-3)44-54-47(49)42-40-38-36-34-32-30-28-26-21-19-17-15-13-11-9-7-5-2/h22-23,46H,4-21,24-45H2,1-3H3,(H,51,52)/b23-22-. The van der Waals surface area contributed by atoms with Crippen LogP contribution in [0.5, 0.6) is 0 Å². The van der Waals surface area contributed by atoms with Gasteiger partial charge >= 0.3 is 19.8 Å². The van der Waals surface area contributed by atoms with E-state index >= 15 is 0 Å². The van der Waals surface area contributed by atoms with Gasteiger partial charge in [-0.15, -0.1) is 0 Å². The normalized spacial score (nSPS) is 13.3. The molecule has 338 valence electrons. The molecule has 0 aromatic heterocycles. The van der Waals surface area contributed by atoms with Gasteiger partial charge in [0.15, 0.2) is 6.10 Å². The summed E-state index contributed by atoms with van der Waals surface area (Å²) in [6.45, 7) is 3.93. The van der Waals surface area contributed by atoms with E-state index < -0.39 is 26.5 Å². The van der Waals surface area contributed by atoms with Crippen LogP contribution in [0.3, 0.4) is 0 Å². The second-order valence-corrected chi connectivity index (χ2v) is 18.2. The molecule has 0 heterocycles. The zero-order valence-electron chi connectivity index (χ0n) is 37.8. The molecule has 0 bridgehead atoms. The van der Waals surface area contributed by atoms with Crippen LogP contribution < -0.4 is 0 Å². The van der Waals surface area contributed by atoms with E-state index in [9.17, 15) is 19.0 Å². The molecule has 0 aliphatic rings. The number of carbonyl (C=O) groups is 2. The van der Waals surface area contributed by atoms with E-state index in [1.807, 2.05) is 0 Å². The highest BCUT2D eigenvalue weighted by molar-refractivity contribution is 7.47. The first kappa shape index (κ1) is 55.8. The molecule has 0 aromatic carbocycles. The van der Waals surface area contributed by atoms with Crippen molar-refractivity contribution in [2.75, 3.05) is 20.3 Å². The predicted molar refractivity (Wildman–Crippen MR) is 240 cm³/mol. The van der Waals surface area contributed by atoms with Crippen molar-refractivity contribution in [3.05, 3.63) is 12.2 Å². The van der Waals surface area contributed by atoms with Crippen molar-refractivity contribution < 1.29 is 37.6 Å². The minimum Gasteiger partial charge on any atom is -0.462 e. The number of phosphoric ester groups is 1. The Balaban J connectivity index is 3.89. The molecule has 0 amide bonds. The summed E-state index contributed by atoms with van der Waals surface area (Å²) < 4.78 is 32.1. The Hall–Kier alpha value is -1.21. The Labute approximate surface area is 352 Å². The highest BCUT2D eigenvalue weighted by atomic mass is 31.2. The third-order valence-corrected chi connectivity index (χ3v) is 11.9. The second kappa shape index (κ2) is 44.3. The Kier molecular flexibility index (Phi) is 43.4. The number of phosphoric acid groups is 1. The summed E-state index contributed by atoms with van der Waals surface area (Å²) in [6, 6.07) is 0. The Morgan fingerprint density at radius 2 is 0.789 bits per heavy atom. The molecule has 0 aliphatic carbocycles. The van der Waals surface area contributed by atoms with Crippen LogP contribution in [0.1, 0.15) is 258 Å². The lowest BCUT2D eigenvalue weighted by Gasteiger charge is -2.19. The third-order valence-electron chi connectivity index (χ3n) is 11.0. The van der Waals surface area contributed by atoms with Crippen LogP contribution in [0.15, 0.2) is 12.2 Å². The summed E-state index contributed by atoms with van der Waals surface area (Å²) in [6.07, 6.45) is 49.8. The Morgan fingerprint density at radius 3 is 1.14 bits per heavy atom. The topological polar surface area (TPSA) is 108 Å². The lowest BCUT2D eigenvalue weighted by atomic mass is 10.0. The molecular weight excluding hydrogens is 735 g/mol. The number of rotatable bonds is 46. The van der Waals surface area contributed by atoms with Gasteiger partial charge in [0, 0.05) is 20.0 Å². The molecule has 0 aliphatic heterocycles. The van der Waals surface area contributed by atoms with Crippen molar-refractivity contribution in [3.63, 3.8) is 0 Å². The number of carbonyl (C=O) groups excluding carboxylic acids is 2. The molecule has 0 aromatic rings. The van der Waals surface area contributed by atoms with Crippen molar-refractivity contribution in [2.24, 2.45) is 0 Å². The lowest BCUT2D eigenvalue weighted by molar-refractivity contribution is -0.161. The van der Waals surface area contributed by atoms with E-state index in [1.165, 1.54) is 193 Å². The molecule has 9 heteroatoms. The fourth-order valence-corrected chi connectivity index (χ4v) is 7.70. The second-order valence-electron chi connectivity index (χ2n) is 16.6. The van der Waals surface area contributed by atoms with Gasteiger partial charge in [0.05, 0.1) is 6.61 Å². The Morgan fingerprint density at radius 1 is 0.474 bits per heavy atom. The number of esters is 2. The van der Waals surface area contributed by atoms with Gasteiger partial charge in [-0.05, 0) is 38.5 Å². The molecule has 57 heavy (non-hydrogen) atoms. The number of allylic oxidation sites excluding steroid dienone is 2. The van der Waals surface area contributed by atoms with E-state index in [4.69, 9.17) is 14.0 Å². The van der Waals surface area contributed by atoms with E-state index in [1.54, 1.807) is 0 Å². The molecule has 0 rings (SSSR count). The maximum Gasteiger partial charge on any atom is 0.472 e.